The molecule has 4 aromatic carbocycles. The van der Waals surface area contributed by atoms with E-state index in [4.69, 9.17) is 4.74 Å². The predicted octanol–water partition coefficient (Wildman–Crippen LogP) is 6.05. The van der Waals surface area contributed by atoms with Gasteiger partial charge in [-0.15, -0.1) is 0 Å². The highest BCUT2D eigenvalue weighted by atomic mass is 32.2. The number of sulfone groups is 1. The average Bonchev–Trinajstić information content (AvgIpc) is 2.89. The Morgan fingerprint density at radius 2 is 1.21 bits per heavy atom. The van der Waals surface area contributed by atoms with Crippen LogP contribution in [0.2, 0.25) is 0 Å². The number of aromatic hydroxyl groups is 1. The van der Waals surface area contributed by atoms with E-state index < -0.39 is 27.2 Å². The molecule has 4 rings (SSSR count). The highest BCUT2D eigenvalue weighted by molar-refractivity contribution is 7.91. The van der Waals surface area contributed by atoms with Crippen molar-refractivity contribution < 1.29 is 38.1 Å². The van der Waals surface area contributed by atoms with Crippen LogP contribution < -0.4 is 4.74 Å². The van der Waals surface area contributed by atoms with Crippen molar-refractivity contribution in [2.45, 2.75) is 36.0 Å². The number of benzene rings is 4. The molecule has 0 heterocycles. The van der Waals surface area contributed by atoms with Crippen molar-refractivity contribution in [1.29, 1.82) is 0 Å². The fourth-order valence-electron chi connectivity index (χ4n) is 4.10. The van der Waals surface area contributed by atoms with Crippen LogP contribution >= 0.6 is 0 Å². The third kappa shape index (κ3) is 5.49. The van der Waals surface area contributed by atoms with Crippen molar-refractivity contribution in [2.75, 3.05) is 0 Å². The number of hydrogen-bond donors (Lipinski definition) is 3. The summed E-state index contributed by atoms with van der Waals surface area (Å²) in [6.45, 7) is 5.48. The Labute approximate surface area is 225 Å². The van der Waals surface area contributed by atoms with Gasteiger partial charge in [0.1, 0.15) is 28.4 Å². The van der Waals surface area contributed by atoms with E-state index in [1.54, 1.807) is 38.1 Å². The van der Waals surface area contributed by atoms with Gasteiger partial charge in [-0.05, 0) is 78.7 Å². The Morgan fingerprint density at radius 1 is 0.718 bits per heavy atom. The molecule has 0 radical (unpaired) electrons. The number of carboxylic acid groups (broad SMARTS) is 2. The van der Waals surface area contributed by atoms with E-state index in [-0.39, 0.29) is 38.2 Å². The largest absolute Gasteiger partial charge is 0.507 e. The molecule has 0 spiro atoms. The first-order valence-electron chi connectivity index (χ1n) is 11.8. The SMILES string of the molecule is Cc1ccc(S(=O)(=O)c2ccc(Oc3ccc(C(C)(C)c4ccc(O)c(C(=O)O)c4)cc3C(=O)O)cc2)cc1. The van der Waals surface area contributed by atoms with Crippen LogP contribution in [-0.2, 0) is 15.3 Å². The van der Waals surface area contributed by atoms with Gasteiger partial charge in [0.2, 0.25) is 9.84 Å². The molecule has 0 bridgehead atoms. The van der Waals surface area contributed by atoms with Gasteiger partial charge >= 0.3 is 11.9 Å². The quantitative estimate of drug-likeness (QED) is 0.243. The summed E-state index contributed by atoms with van der Waals surface area (Å²) in [5, 5.41) is 29.1. The molecule has 0 saturated heterocycles. The van der Waals surface area contributed by atoms with Gasteiger partial charge in [0, 0.05) is 5.41 Å². The maximum absolute atomic E-state index is 12.9. The average molecular weight is 547 g/mol. The summed E-state index contributed by atoms with van der Waals surface area (Å²) < 4.78 is 31.7. The molecule has 0 aromatic heterocycles. The summed E-state index contributed by atoms with van der Waals surface area (Å²) >= 11 is 0. The second-order valence-corrected chi connectivity index (χ2v) is 11.5. The lowest BCUT2D eigenvalue weighted by molar-refractivity contribution is 0.0682. The summed E-state index contributed by atoms with van der Waals surface area (Å²) in [6.07, 6.45) is 0. The summed E-state index contributed by atoms with van der Waals surface area (Å²) in [5.41, 5.74) is 0.879. The molecule has 0 atom stereocenters. The first kappa shape index (κ1) is 27.4. The first-order valence-corrected chi connectivity index (χ1v) is 13.3. The van der Waals surface area contributed by atoms with Crippen molar-refractivity contribution in [1.82, 2.24) is 0 Å². The van der Waals surface area contributed by atoms with Crippen LogP contribution in [0.25, 0.3) is 0 Å². The Bertz CT molecular complexity index is 1670. The van der Waals surface area contributed by atoms with Gasteiger partial charge in [-0.25, -0.2) is 18.0 Å². The van der Waals surface area contributed by atoms with Crippen LogP contribution in [0.4, 0.5) is 0 Å². The number of aryl methyl sites for hydroxylation is 1. The second-order valence-electron chi connectivity index (χ2n) is 9.57. The van der Waals surface area contributed by atoms with Crippen molar-refractivity contribution in [2.24, 2.45) is 0 Å². The standard InChI is InChI=1S/C30H26O8S/c1-18-4-10-22(11-5-18)39(36,37)23-12-8-21(9-13-23)38-27-15-7-20(17-25(27)29(34)35)30(2,3)19-6-14-26(31)24(16-19)28(32)33/h4-17,31H,1-3H3,(H,32,33)(H,34,35). The molecule has 4 aromatic rings. The van der Waals surface area contributed by atoms with Crippen molar-refractivity contribution >= 4 is 21.8 Å². The van der Waals surface area contributed by atoms with Gasteiger partial charge < -0.3 is 20.1 Å². The zero-order valence-corrected chi connectivity index (χ0v) is 22.2. The molecule has 8 nitrogen and oxygen atoms in total. The van der Waals surface area contributed by atoms with E-state index in [0.717, 1.165) is 5.56 Å². The van der Waals surface area contributed by atoms with Crippen LogP contribution in [0.3, 0.4) is 0 Å². The number of ether oxygens (including phenoxy) is 1. The number of carbonyl (C=O) groups is 2. The van der Waals surface area contributed by atoms with Gasteiger partial charge in [0.15, 0.2) is 0 Å². The topological polar surface area (TPSA) is 138 Å². The van der Waals surface area contributed by atoms with E-state index in [1.807, 2.05) is 6.92 Å². The lowest BCUT2D eigenvalue weighted by Gasteiger charge is -2.27. The lowest BCUT2D eigenvalue weighted by atomic mass is 9.77. The Kier molecular flexibility index (Phi) is 7.21. The summed E-state index contributed by atoms with van der Waals surface area (Å²) in [4.78, 5) is 23.8. The zero-order chi connectivity index (χ0) is 28.5. The van der Waals surface area contributed by atoms with E-state index in [1.165, 1.54) is 60.7 Å². The third-order valence-corrected chi connectivity index (χ3v) is 8.36. The molecule has 9 heteroatoms. The smallest absolute Gasteiger partial charge is 0.339 e. The van der Waals surface area contributed by atoms with Crippen molar-refractivity contribution in [3.05, 3.63) is 113 Å². The molecular weight excluding hydrogens is 520 g/mol. The fourth-order valence-corrected chi connectivity index (χ4v) is 5.37. The zero-order valence-electron chi connectivity index (χ0n) is 21.4. The maximum atomic E-state index is 12.9. The normalized spacial score (nSPS) is 11.7. The van der Waals surface area contributed by atoms with Crippen LogP contribution in [0.15, 0.2) is 94.7 Å². The van der Waals surface area contributed by atoms with Gasteiger partial charge in [-0.3, -0.25) is 0 Å². The minimum Gasteiger partial charge on any atom is -0.507 e. The second kappa shape index (κ2) is 10.3. The Hall–Kier alpha value is -4.63. The molecule has 3 N–H and O–H groups in total. The van der Waals surface area contributed by atoms with Gasteiger partial charge in [-0.2, -0.15) is 0 Å². The molecule has 0 saturated carbocycles. The predicted molar refractivity (Wildman–Crippen MR) is 144 cm³/mol. The summed E-state index contributed by atoms with van der Waals surface area (Å²) in [6, 6.07) is 21.1. The summed E-state index contributed by atoms with van der Waals surface area (Å²) in [5.74, 6) is -2.59. The molecule has 0 amide bonds. The molecular formula is C30H26O8S. The van der Waals surface area contributed by atoms with Gasteiger partial charge in [-0.1, -0.05) is 43.7 Å². The van der Waals surface area contributed by atoms with Crippen molar-refractivity contribution in [3.8, 4) is 17.2 Å². The Balaban J connectivity index is 1.63. The molecule has 0 aliphatic rings. The highest BCUT2D eigenvalue weighted by Crippen LogP contribution is 2.37. The van der Waals surface area contributed by atoms with E-state index in [2.05, 4.69) is 0 Å². The minimum absolute atomic E-state index is 0.0492. The number of rotatable bonds is 8. The van der Waals surface area contributed by atoms with Crippen LogP contribution in [0.1, 0.15) is 51.3 Å². The highest BCUT2D eigenvalue weighted by Gasteiger charge is 2.27. The van der Waals surface area contributed by atoms with E-state index >= 15 is 0 Å². The molecule has 39 heavy (non-hydrogen) atoms. The number of hydrogen-bond acceptors (Lipinski definition) is 6. The van der Waals surface area contributed by atoms with Crippen LogP contribution in [-0.4, -0.2) is 35.7 Å². The molecule has 200 valence electrons. The fraction of sp³-hybridized carbons (Fsp3) is 0.133. The van der Waals surface area contributed by atoms with Gasteiger partial charge in [0.25, 0.3) is 0 Å². The first-order chi connectivity index (χ1) is 18.3. The summed E-state index contributed by atoms with van der Waals surface area (Å²) in [7, 11) is -3.73. The van der Waals surface area contributed by atoms with E-state index in [0.29, 0.717) is 11.1 Å². The van der Waals surface area contributed by atoms with Gasteiger partial charge in [0.05, 0.1) is 9.79 Å². The third-order valence-electron chi connectivity index (χ3n) is 6.57. The molecule has 0 aliphatic heterocycles. The molecule has 0 aliphatic carbocycles. The lowest BCUT2D eigenvalue weighted by Crippen LogP contribution is -2.20. The Morgan fingerprint density at radius 3 is 1.74 bits per heavy atom. The maximum Gasteiger partial charge on any atom is 0.339 e. The monoisotopic (exact) mass is 546 g/mol. The minimum atomic E-state index is -3.73. The van der Waals surface area contributed by atoms with E-state index in [9.17, 15) is 33.3 Å². The van der Waals surface area contributed by atoms with Crippen LogP contribution in [0, 0.1) is 6.92 Å². The number of phenols is 1. The number of carboxylic acids is 2. The number of aromatic carboxylic acids is 2. The molecule has 0 fully saturated rings. The molecule has 0 unspecified atom stereocenters. The van der Waals surface area contributed by atoms with Crippen molar-refractivity contribution in [3.63, 3.8) is 0 Å². The van der Waals surface area contributed by atoms with Crippen LogP contribution in [0.5, 0.6) is 17.2 Å².